The van der Waals surface area contributed by atoms with Crippen LogP contribution in [0, 0.1) is 0 Å². The number of aryl methyl sites for hydroxylation is 1. The fourth-order valence-electron chi connectivity index (χ4n) is 1.62. The van der Waals surface area contributed by atoms with E-state index >= 15 is 0 Å². The molecular formula is C11H18ClN3O4S. The lowest BCUT2D eigenvalue weighted by molar-refractivity contribution is -0.121. The Balaban J connectivity index is 2.67. The highest BCUT2D eigenvalue weighted by atomic mass is 35.7. The Kier molecular flexibility index (Phi) is 6.44. The highest BCUT2D eigenvalue weighted by Crippen LogP contribution is 2.14. The third kappa shape index (κ3) is 5.10. The average molecular weight is 324 g/mol. The Morgan fingerprint density at radius 3 is 2.80 bits per heavy atom. The van der Waals surface area contributed by atoms with E-state index < -0.39 is 9.05 Å². The minimum absolute atomic E-state index is 0.00949. The lowest BCUT2D eigenvalue weighted by Gasteiger charge is -2.07. The van der Waals surface area contributed by atoms with Crippen LogP contribution in [0.15, 0.2) is 11.2 Å². The highest BCUT2D eigenvalue weighted by Gasteiger charge is 2.18. The molecule has 1 aromatic rings. The summed E-state index contributed by atoms with van der Waals surface area (Å²) in [5.74, 6) is 0.281. The number of aromatic nitrogens is 2. The summed E-state index contributed by atoms with van der Waals surface area (Å²) in [4.78, 5) is 15.6. The average Bonchev–Trinajstić information content (AvgIpc) is 2.77. The summed E-state index contributed by atoms with van der Waals surface area (Å²) >= 11 is 0. The minimum atomic E-state index is -3.88. The second-order valence-electron chi connectivity index (χ2n) is 4.11. The summed E-state index contributed by atoms with van der Waals surface area (Å²) in [5, 5.41) is 2.48. The van der Waals surface area contributed by atoms with E-state index in [4.69, 9.17) is 15.4 Å². The molecule has 0 aromatic carbocycles. The first-order valence-electron chi connectivity index (χ1n) is 6.14. The number of methoxy groups -OCH3 is 1. The third-order valence-electron chi connectivity index (χ3n) is 2.56. The molecule has 114 valence electrons. The van der Waals surface area contributed by atoms with Crippen molar-refractivity contribution in [1.82, 2.24) is 14.9 Å². The standard InChI is InChI=1S/C11H18ClN3O4S/c1-3-9-14-11(20(12,17)18)8-15(9)7-10(16)13-5-4-6-19-2/h8H,3-7H2,1-2H3,(H,13,16). The van der Waals surface area contributed by atoms with Gasteiger partial charge in [0, 0.05) is 43.6 Å². The number of nitrogens with one attached hydrogen (secondary N) is 1. The zero-order valence-electron chi connectivity index (χ0n) is 11.4. The largest absolute Gasteiger partial charge is 0.385 e. The summed E-state index contributed by atoms with van der Waals surface area (Å²) in [5.41, 5.74) is 0. The maximum atomic E-state index is 11.7. The van der Waals surface area contributed by atoms with E-state index in [0.29, 0.717) is 31.8 Å². The topological polar surface area (TPSA) is 90.3 Å². The van der Waals surface area contributed by atoms with Gasteiger partial charge in [-0.3, -0.25) is 4.79 Å². The molecule has 0 spiro atoms. The molecule has 1 amide bonds. The van der Waals surface area contributed by atoms with Crippen LogP contribution in [0.5, 0.6) is 0 Å². The van der Waals surface area contributed by atoms with Gasteiger partial charge in [0.05, 0.1) is 0 Å². The number of rotatable bonds is 8. The van der Waals surface area contributed by atoms with Crippen molar-refractivity contribution in [3.63, 3.8) is 0 Å². The van der Waals surface area contributed by atoms with E-state index in [2.05, 4.69) is 10.3 Å². The summed E-state index contributed by atoms with van der Waals surface area (Å²) in [6, 6.07) is 0. The quantitative estimate of drug-likeness (QED) is 0.556. The molecule has 9 heteroatoms. The zero-order valence-corrected chi connectivity index (χ0v) is 13.0. The fraction of sp³-hybridized carbons (Fsp3) is 0.636. The van der Waals surface area contributed by atoms with Crippen LogP contribution in [-0.2, 0) is 31.5 Å². The van der Waals surface area contributed by atoms with Gasteiger partial charge in [-0.15, -0.1) is 0 Å². The third-order valence-corrected chi connectivity index (χ3v) is 3.74. The molecule has 7 nitrogen and oxygen atoms in total. The monoisotopic (exact) mass is 323 g/mol. The van der Waals surface area contributed by atoms with Crippen molar-refractivity contribution in [2.45, 2.75) is 31.3 Å². The number of nitrogens with zero attached hydrogens (tertiary/aromatic N) is 2. The van der Waals surface area contributed by atoms with Crippen LogP contribution in [0.4, 0.5) is 0 Å². The van der Waals surface area contributed by atoms with Crippen molar-refractivity contribution in [2.75, 3.05) is 20.3 Å². The molecule has 20 heavy (non-hydrogen) atoms. The van der Waals surface area contributed by atoms with Crippen LogP contribution in [-0.4, -0.2) is 44.1 Å². The summed E-state index contributed by atoms with van der Waals surface area (Å²) in [6.45, 7) is 2.90. The zero-order chi connectivity index (χ0) is 15.2. The van der Waals surface area contributed by atoms with Crippen LogP contribution in [0.1, 0.15) is 19.2 Å². The van der Waals surface area contributed by atoms with Crippen LogP contribution >= 0.6 is 10.7 Å². The van der Waals surface area contributed by atoms with Crippen molar-refractivity contribution < 1.29 is 17.9 Å². The molecule has 0 unspecified atom stereocenters. The maximum absolute atomic E-state index is 11.7. The molecule has 0 atom stereocenters. The van der Waals surface area contributed by atoms with Crippen molar-refractivity contribution in [3.8, 4) is 0 Å². The number of imidazole rings is 1. The van der Waals surface area contributed by atoms with E-state index in [1.54, 1.807) is 7.11 Å². The van der Waals surface area contributed by atoms with Crippen molar-refractivity contribution in [3.05, 3.63) is 12.0 Å². The Labute approximate surface area is 122 Å². The van der Waals surface area contributed by atoms with Gasteiger partial charge in [-0.2, -0.15) is 0 Å². The van der Waals surface area contributed by atoms with Crippen LogP contribution in [0.25, 0.3) is 0 Å². The van der Waals surface area contributed by atoms with Gasteiger partial charge in [-0.1, -0.05) is 6.92 Å². The maximum Gasteiger partial charge on any atom is 0.280 e. The van der Waals surface area contributed by atoms with Gasteiger partial charge in [-0.05, 0) is 6.42 Å². The lowest BCUT2D eigenvalue weighted by atomic mass is 10.4. The molecule has 0 saturated heterocycles. The number of hydrogen-bond donors (Lipinski definition) is 1. The number of carbonyl (C=O) groups excluding carboxylic acids is 1. The molecule has 0 aliphatic rings. The van der Waals surface area contributed by atoms with Crippen LogP contribution in [0.3, 0.4) is 0 Å². The first-order valence-corrected chi connectivity index (χ1v) is 8.45. The molecule has 1 heterocycles. The second kappa shape index (κ2) is 7.61. The van der Waals surface area contributed by atoms with Gasteiger partial charge in [0.1, 0.15) is 12.4 Å². The molecule has 0 fully saturated rings. The molecule has 1 rings (SSSR count). The number of halogens is 1. The molecule has 0 radical (unpaired) electrons. The van der Waals surface area contributed by atoms with E-state index in [-0.39, 0.29) is 17.5 Å². The Morgan fingerprint density at radius 1 is 1.55 bits per heavy atom. The highest BCUT2D eigenvalue weighted by molar-refractivity contribution is 8.13. The van der Waals surface area contributed by atoms with Crippen molar-refractivity contribution >= 4 is 25.6 Å². The predicted molar refractivity (Wildman–Crippen MR) is 74.1 cm³/mol. The van der Waals surface area contributed by atoms with E-state index in [0.717, 1.165) is 0 Å². The lowest BCUT2D eigenvalue weighted by Crippen LogP contribution is -2.29. The van der Waals surface area contributed by atoms with Crippen LogP contribution < -0.4 is 5.32 Å². The molecule has 0 aliphatic carbocycles. The summed E-state index contributed by atoms with van der Waals surface area (Å²) < 4.78 is 28.8. The van der Waals surface area contributed by atoms with Gasteiger partial charge in [0.15, 0.2) is 5.03 Å². The summed E-state index contributed by atoms with van der Waals surface area (Å²) in [6.07, 6.45) is 2.49. The van der Waals surface area contributed by atoms with Gasteiger partial charge in [0.2, 0.25) is 5.91 Å². The van der Waals surface area contributed by atoms with Crippen LogP contribution in [0.2, 0.25) is 0 Å². The first-order chi connectivity index (χ1) is 9.38. The van der Waals surface area contributed by atoms with Crippen molar-refractivity contribution in [1.29, 1.82) is 0 Å². The van der Waals surface area contributed by atoms with Gasteiger partial charge in [0.25, 0.3) is 9.05 Å². The Bertz CT molecular complexity index is 556. The molecular weight excluding hydrogens is 306 g/mol. The molecule has 0 saturated carbocycles. The smallest absolute Gasteiger partial charge is 0.280 e. The number of carbonyl (C=O) groups is 1. The molecule has 0 aliphatic heterocycles. The Hall–Kier alpha value is -1.12. The Morgan fingerprint density at radius 2 is 2.25 bits per heavy atom. The minimum Gasteiger partial charge on any atom is -0.385 e. The van der Waals surface area contributed by atoms with Crippen molar-refractivity contribution in [2.24, 2.45) is 0 Å². The van der Waals surface area contributed by atoms with E-state index in [1.807, 2.05) is 6.92 Å². The normalized spacial score (nSPS) is 11.6. The molecule has 1 aromatic heterocycles. The summed E-state index contributed by atoms with van der Waals surface area (Å²) in [7, 11) is 2.95. The fourth-order valence-corrected chi connectivity index (χ4v) is 2.31. The molecule has 1 N–H and O–H groups in total. The van der Waals surface area contributed by atoms with E-state index in [9.17, 15) is 13.2 Å². The molecule has 0 bridgehead atoms. The predicted octanol–water partition coefficient (Wildman–Crippen LogP) is 0.526. The number of hydrogen-bond acceptors (Lipinski definition) is 5. The van der Waals surface area contributed by atoms with E-state index in [1.165, 1.54) is 10.8 Å². The number of ether oxygens (including phenoxy) is 1. The number of amides is 1. The van der Waals surface area contributed by atoms with Gasteiger partial charge in [-0.25, -0.2) is 13.4 Å². The van der Waals surface area contributed by atoms with Gasteiger partial charge >= 0.3 is 0 Å². The SMILES string of the molecule is CCc1nc(S(=O)(=O)Cl)cn1CC(=O)NCCCOC. The first kappa shape index (κ1) is 16.9. The van der Waals surface area contributed by atoms with Gasteiger partial charge < -0.3 is 14.6 Å². The second-order valence-corrected chi connectivity index (χ2v) is 6.62.